The highest BCUT2D eigenvalue weighted by molar-refractivity contribution is 5.94. The summed E-state index contributed by atoms with van der Waals surface area (Å²) in [5.74, 6) is -3.61. The molecule has 0 aliphatic carbocycles. The van der Waals surface area contributed by atoms with Gasteiger partial charge in [0.1, 0.15) is 0 Å². The summed E-state index contributed by atoms with van der Waals surface area (Å²) in [5.41, 5.74) is 7.16. The molecule has 0 bridgehead atoms. The fourth-order valence-electron chi connectivity index (χ4n) is 3.34. The Morgan fingerprint density at radius 3 is 2.04 bits per heavy atom. The van der Waals surface area contributed by atoms with Crippen LogP contribution in [0.5, 0.6) is 0 Å². The van der Waals surface area contributed by atoms with E-state index in [0.717, 1.165) is 25.0 Å². The van der Waals surface area contributed by atoms with Crippen molar-refractivity contribution >= 4 is 18.3 Å². The Hall–Kier alpha value is -2.05. The number of carbonyl (C=O) groups excluding carboxylic acids is 1. The van der Waals surface area contributed by atoms with Crippen LogP contribution < -0.4 is 5.73 Å². The molecule has 0 radical (unpaired) electrons. The number of nitrogens with two attached hydrogens (primary N) is 1. The molecule has 3 nitrogen and oxygen atoms in total. The van der Waals surface area contributed by atoms with E-state index in [9.17, 15) is 18.0 Å². The molecule has 2 N–H and O–H groups in total. The molecule has 1 amide bonds. The zero-order valence-corrected chi connectivity index (χ0v) is 15.7. The fraction of sp³-hybridized carbons (Fsp3) is 0.350. The van der Waals surface area contributed by atoms with Crippen molar-refractivity contribution in [2.45, 2.75) is 25.8 Å². The number of amides is 1. The van der Waals surface area contributed by atoms with E-state index in [1.54, 1.807) is 29.2 Å². The molecule has 1 fully saturated rings. The molecule has 146 valence electrons. The van der Waals surface area contributed by atoms with Gasteiger partial charge in [0.25, 0.3) is 5.91 Å². The first kappa shape index (κ1) is 21.3. The number of nitrogens with zero attached hydrogens (tertiary/aromatic N) is 1. The van der Waals surface area contributed by atoms with Gasteiger partial charge >= 0.3 is 0 Å². The standard InChI is InChI=1S/C20H21F3N2O.ClH/c1-12(24)13-6-8-25(9-7-13)20(26)15-4-2-14(3-5-15)16-10-17(21)19(23)18(22)11-16;/h2-5,10-13H,6-9,24H2,1H3;1H. The maximum Gasteiger partial charge on any atom is 0.253 e. The van der Waals surface area contributed by atoms with Crippen LogP contribution in [-0.4, -0.2) is 29.9 Å². The summed E-state index contributed by atoms with van der Waals surface area (Å²) in [5, 5.41) is 0. The average Bonchev–Trinajstić information content (AvgIpc) is 2.65. The second kappa shape index (κ2) is 8.76. The van der Waals surface area contributed by atoms with Gasteiger partial charge in [0.15, 0.2) is 17.5 Å². The Kier molecular flexibility index (Phi) is 6.89. The summed E-state index contributed by atoms with van der Waals surface area (Å²) in [6, 6.07) is 8.45. The summed E-state index contributed by atoms with van der Waals surface area (Å²) in [6.45, 7) is 3.32. The second-order valence-corrected chi connectivity index (χ2v) is 6.82. The Morgan fingerprint density at radius 1 is 1.04 bits per heavy atom. The first-order chi connectivity index (χ1) is 12.4. The molecule has 1 aliphatic heterocycles. The van der Waals surface area contributed by atoms with Crippen molar-refractivity contribution in [3.63, 3.8) is 0 Å². The minimum absolute atomic E-state index is 0. The third kappa shape index (κ3) is 4.62. The molecule has 1 aliphatic rings. The lowest BCUT2D eigenvalue weighted by Crippen LogP contribution is -2.42. The van der Waals surface area contributed by atoms with Gasteiger partial charge in [0, 0.05) is 24.7 Å². The number of hydrogen-bond donors (Lipinski definition) is 1. The highest BCUT2D eigenvalue weighted by Gasteiger charge is 2.25. The molecule has 7 heteroatoms. The molecule has 2 aromatic rings. The average molecular weight is 399 g/mol. The molecule has 1 saturated heterocycles. The van der Waals surface area contributed by atoms with E-state index < -0.39 is 17.5 Å². The van der Waals surface area contributed by atoms with E-state index in [1.165, 1.54) is 0 Å². The zero-order valence-electron chi connectivity index (χ0n) is 14.9. The van der Waals surface area contributed by atoms with Crippen LogP contribution in [0.2, 0.25) is 0 Å². The molecule has 1 heterocycles. The van der Waals surface area contributed by atoms with Crippen LogP contribution in [0, 0.1) is 23.4 Å². The highest BCUT2D eigenvalue weighted by atomic mass is 35.5. The lowest BCUT2D eigenvalue weighted by Gasteiger charge is -2.33. The van der Waals surface area contributed by atoms with Gasteiger partial charge in [-0.3, -0.25) is 4.79 Å². The van der Waals surface area contributed by atoms with Crippen molar-refractivity contribution in [3.05, 3.63) is 59.4 Å². The number of piperidine rings is 1. The van der Waals surface area contributed by atoms with Crippen molar-refractivity contribution < 1.29 is 18.0 Å². The third-order valence-electron chi connectivity index (χ3n) is 5.02. The molecule has 2 aromatic carbocycles. The molecule has 0 spiro atoms. The first-order valence-electron chi connectivity index (χ1n) is 8.66. The maximum absolute atomic E-state index is 13.4. The van der Waals surface area contributed by atoms with E-state index in [2.05, 4.69) is 0 Å². The predicted molar refractivity (Wildman–Crippen MR) is 101 cm³/mol. The van der Waals surface area contributed by atoms with E-state index in [1.807, 2.05) is 6.92 Å². The van der Waals surface area contributed by atoms with Crippen molar-refractivity contribution in [1.29, 1.82) is 0 Å². The van der Waals surface area contributed by atoms with Gasteiger partial charge in [0.05, 0.1) is 0 Å². The van der Waals surface area contributed by atoms with Crippen molar-refractivity contribution in [2.75, 3.05) is 13.1 Å². The second-order valence-electron chi connectivity index (χ2n) is 6.82. The molecule has 3 rings (SSSR count). The van der Waals surface area contributed by atoms with E-state index >= 15 is 0 Å². The highest BCUT2D eigenvalue weighted by Crippen LogP contribution is 2.25. The summed E-state index contributed by atoms with van der Waals surface area (Å²) >= 11 is 0. The van der Waals surface area contributed by atoms with Crippen LogP contribution in [0.1, 0.15) is 30.1 Å². The SMILES string of the molecule is CC(N)C1CCN(C(=O)c2ccc(-c3cc(F)c(F)c(F)c3)cc2)CC1.Cl. The number of carbonyl (C=O) groups is 1. The summed E-state index contributed by atoms with van der Waals surface area (Å²) < 4.78 is 39.8. The van der Waals surface area contributed by atoms with Crippen molar-refractivity contribution in [3.8, 4) is 11.1 Å². The van der Waals surface area contributed by atoms with Crippen LogP contribution >= 0.6 is 12.4 Å². The van der Waals surface area contributed by atoms with Crippen molar-refractivity contribution in [1.82, 2.24) is 4.90 Å². The van der Waals surface area contributed by atoms with Gasteiger partial charge in [-0.05, 0) is 61.1 Å². The Labute approximate surface area is 162 Å². The summed E-state index contributed by atoms with van der Waals surface area (Å²) in [6.07, 6.45) is 1.77. The van der Waals surface area contributed by atoms with Gasteiger partial charge in [-0.2, -0.15) is 0 Å². The zero-order chi connectivity index (χ0) is 18.8. The number of benzene rings is 2. The fourth-order valence-corrected chi connectivity index (χ4v) is 3.34. The molecule has 0 saturated carbocycles. The molecule has 1 unspecified atom stereocenters. The lowest BCUT2D eigenvalue weighted by atomic mass is 9.90. The molecule has 0 aromatic heterocycles. The van der Waals surface area contributed by atoms with Gasteiger partial charge < -0.3 is 10.6 Å². The van der Waals surface area contributed by atoms with Gasteiger partial charge in [-0.15, -0.1) is 12.4 Å². The Morgan fingerprint density at radius 2 is 1.56 bits per heavy atom. The third-order valence-corrected chi connectivity index (χ3v) is 5.02. The van der Waals surface area contributed by atoms with Crippen LogP contribution in [0.4, 0.5) is 13.2 Å². The molecular formula is C20H22ClF3N2O. The minimum Gasteiger partial charge on any atom is -0.339 e. The summed E-state index contributed by atoms with van der Waals surface area (Å²) in [4.78, 5) is 14.4. The van der Waals surface area contributed by atoms with E-state index in [-0.39, 0.29) is 29.9 Å². The molecule has 27 heavy (non-hydrogen) atoms. The van der Waals surface area contributed by atoms with E-state index in [4.69, 9.17) is 5.73 Å². The first-order valence-corrected chi connectivity index (χ1v) is 8.66. The van der Waals surface area contributed by atoms with Crippen LogP contribution in [0.25, 0.3) is 11.1 Å². The number of likely N-dealkylation sites (tertiary alicyclic amines) is 1. The minimum atomic E-state index is -1.49. The van der Waals surface area contributed by atoms with Crippen LogP contribution in [0.3, 0.4) is 0 Å². The van der Waals surface area contributed by atoms with Gasteiger partial charge in [-0.1, -0.05) is 12.1 Å². The molecule has 1 atom stereocenters. The Balaban J connectivity index is 0.00000261. The van der Waals surface area contributed by atoms with Crippen molar-refractivity contribution in [2.24, 2.45) is 11.7 Å². The van der Waals surface area contributed by atoms with Gasteiger partial charge in [0.2, 0.25) is 0 Å². The van der Waals surface area contributed by atoms with E-state index in [0.29, 0.717) is 30.1 Å². The van der Waals surface area contributed by atoms with Gasteiger partial charge in [-0.25, -0.2) is 13.2 Å². The topological polar surface area (TPSA) is 46.3 Å². The number of halogens is 4. The monoisotopic (exact) mass is 398 g/mol. The largest absolute Gasteiger partial charge is 0.339 e. The lowest BCUT2D eigenvalue weighted by molar-refractivity contribution is 0.0681. The normalized spacial score (nSPS) is 16.0. The van der Waals surface area contributed by atoms with Crippen LogP contribution in [-0.2, 0) is 0 Å². The number of hydrogen-bond acceptors (Lipinski definition) is 2. The number of rotatable bonds is 3. The maximum atomic E-state index is 13.4. The quantitative estimate of drug-likeness (QED) is 0.779. The molecular weight excluding hydrogens is 377 g/mol. The summed E-state index contributed by atoms with van der Waals surface area (Å²) in [7, 11) is 0. The predicted octanol–water partition coefficient (Wildman–Crippen LogP) is 4.39. The Bertz CT molecular complexity index is 780. The smallest absolute Gasteiger partial charge is 0.253 e. The van der Waals surface area contributed by atoms with Crippen LogP contribution in [0.15, 0.2) is 36.4 Å².